The van der Waals surface area contributed by atoms with E-state index in [0.717, 1.165) is 11.5 Å². The van der Waals surface area contributed by atoms with Crippen LogP contribution in [0.2, 0.25) is 5.02 Å². The lowest BCUT2D eigenvalue weighted by atomic mass is 9.82. The number of hydrogen-bond acceptors (Lipinski definition) is 6. The average Bonchev–Trinajstić information content (AvgIpc) is 2.83. The van der Waals surface area contributed by atoms with E-state index in [0.29, 0.717) is 35.2 Å². The third-order valence-corrected chi connectivity index (χ3v) is 6.57. The Hall–Kier alpha value is -2.97. The minimum absolute atomic E-state index is 0.208. The first-order valence-electron chi connectivity index (χ1n) is 9.90. The zero-order valence-electron chi connectivity index (χ0n) is 17.4. The zero-order chi connectivity index (χ0) is 23.1. The van der Waals surface area contributed by atoms with Crippen molar-refractivity contribution in [1.82, 2.24) is 0 Å². The summed E-state index contributed by atoms with van der Waals surface area (Å²) >= 11 is 7.84. The number of carbonyl (C=O) groups is 2. The van der Waals surface area contributed by atoms with Crippen LogP contribution in [0, 0.1) is 29.1 Å². The van der Waals surface area contributed by atoms with Crippen LogP contribution in [0.5, 0.6) is 0 Å². The van der Waals surface area contributed by atoms with Gasteiger partial charge in [-0.2, -0.15) is 17.0 Å². The van der Waals surface area contributed by atoms with Gasteiger partial charge < -0.3 is 15.2 Å². The number of hydrogen-bond donors (Lipinski definition) is 2. The van der Waals surface area contributed by atoms with Crippen molar-refractivity contribution in [3.63, 3.8) is 0 Å². The van der Waals surface area contributed by atoms with Gasteiger partial charge in [-0.15, -0.1) is 0 Å². The Balaban J connectivity index is 1.89. The maximum atomic E-state index is 13.2. The van der Waals surface area contributed by atoms with Crippen molar-refractivity contribution in [2.45, 2.75) is 18.4 Å². The molecule has 1 atom stereocenters. The van der Waals surface area contributed by atoms with Gasteiger partial charge in [-0.05, 0) is 66.8 Å². The monoisotopic (exact) mass is 468 g/mol. The number of methoxy groups -OCH3 is 1. The van der Waals surface area contributed by atoms with Gasteiger partial charge in [0.05, 0.1) is 23.3 Å². The van der Waals surface area contributed by atoms with Gasteiger partial charge in [0, 0.05) is 17.2 Å². The first-order valence-corrected chi connectivity index (χ1v) is 11.4. The lowest BCUT2D eigenvalue weighted by molar-refractivity contribution is -0.133. The first-order chi connectivity index (χ1) is 15.4. The number of benzene rings is 2. The van der Waals surface area contributed by atoms with E-state index >= 15 is 0 Å². The summed E-state index contributed by atoms with van der Waals surface area (Å²) in [6.07, 6.45) is 1.30. The summed E-state index contributed by atoms with van der Waals surface area (Å²) in [6.45, 7) is 0. The fourth-order valence-electron chi connectivity index (χ4n) is 3.34. The molecule has 1 heterocycles. The van der Waals surface area contributed by atoms with E-state index in [1.807, 2.05) is 6.07 Å². The molecule has 1 saturated heterocycles. The van der Waals surface area contributed by atoms with Gasteiger partial charge in [0.1, 0.15) is 6.07 Å². The number of thioether (sulfide) groups is 1. The minimum atomic E-state index is -1.91. The molecular weight excluding hydrogens is 448 g/mol. The molecule has 1 aliphatic rings. The van der Waals surface area contributed by atoms with Crippen molar-refractivity contribution in [2.24, 2.45) is 5.92 Å². The Morgan fingerprint density at radius 1 is 1.22 bits per heavy atom. The number of nitrogens with zero attached hydrogens (tertiary/aromatic N) is 1. The fourth-order valence-corrected chi connectivity index (χ4v) is 4.67. The number of rotatable bonds is 4. The van der Waals surface area contributed by atoms with E-state index in [2.05, 4.69) is 21.9 Å². The van der Waals surface area contributed by atoms with Crippen molar-refractivity contribution in [3.8, 4) is 17.9 Å². The summed E-state index contributed by atoms with van der Waals surface area (Å²) < 4.78 is 4.68. The highest BCUT2D eigenvalue weighted by molar-refractivity contribution is 7.99. The molecule has 164 valence electrons. The van der Waals surface area contributed by atoms with E-state index in [1.54, 1.807) is 42.1 Å². The molecule has 0 saturated carbocycles. The summed E-state index contributed by atoms with van der Waals surface area (Å²) in [6, 6.07) is 12.9. The van der Waals surface area contributed by atoms with E-state index in [4.69, 9.17) is 16.9 Å². The molecule has 0 spiro atoms. The largest absolute Gasteiger partial charge is 0.465 e. The third kappa shape index (κ3) is 5.44. The van der Waals surface area contributed by atoms with Gasteiger partial charge in [0.25, 0.3) is 5.91 Å². The van der Waals surface area contributed by atoms with Crippen LogP contribution in [-0.4, -0.2) is 41.2 Å². The number of amides is 1. The highest BCUT2D eigenvalue weighted by Crippen LogP contribution is 2.33. The lowest BCUT2D eigenvalue weighted by Gasteiger charge is -2.33. The summed E-state index contributed by atoms with van der Waals surface area (Å²) in [7, 11) is 1.30. The smallest absolute Gasteiger partial charge is 0.337 e. The Morgan fingerprint density at radius 2 is 1.91 bits per heavy atom. The van der Waals surface area contributed by atoms with Gasteiger partial charge >= 0.3 is 5.97 Å². The summed E-state index contributed by atoms with van der Waals surface area (Å²) in [5, 5.41) is 23.3. The molecule has 0 aliphatic carbocycles. The van der Waals surface area contributed by atoms with Crippen LogP contribution in [0.4, 0.5) is 5.69 Å². The van der Waals surface area contributed by atoms with E-state index in [1.165, 1.54) is 19.2 Å². The van der Waals surface area contributed by atoms with Crippen LogP contribution >= 0.6 is 23.4 Å². The van der Waals surface area contributed by atoms with Gasteiger partial charge in [0.2, 0.25) is 5.60 Å². The molecule has 1 aliphatic heterocycles. The lowest BCUT2D eigenvalue weighted by Crippen LogP contribution is -2.49. The average molecular weight is 469 g/mol. The zero-order valence-corrected chi connectivity index (χ0v) is 18.9. The number of nitrogens with one attached hydrogen (secondary N) is 1. The summed E-state index contributed by atoms with van der Waals surface area (Å²) in [5.41, 5.74) is -0.322. The third-order valence-electron chi connectivity index (χ3n) is 5.21. The predicted octanol–water partition coefficient (Wildman–Crippen LogP) is 3.86. The van der Waals surface area contributed by atoms with Crippen molar-refractivity contribution >= 4 is 40.9 Å². The highest BCUT2D eigenvalue weighted by Gasteiger charge is 2.43. The summed E-state index contributed by atoms with van der Waals surface area (Å²) in [5.74, 6) is 5.89. The van der Waals surface area contributed by atoms with Crippen molar-refractivity contribution in [3.05, 3.63) is 64.2 Å². The van der Waals surface area contributed by atoms with Crippen molar-refractivity contribution in [1.29, 1.82) is 5.26 Å². The first kappa shape index (κ1) is 23.7. The van der Waals surface area contributed by atoms with Crippen LogP contribution in [0.15, 0.2) is 42.5 Å². The molecule has 2 aromatic rings. The maximum absolute atomic E-state index is 13.2. The molecule has 8 heteroatoms. The Kier molecular flexibility index (Phi) is 7.82. The van der Waals surface area contributed by atoms with E-state index < -0.39 is 17.5 Å². The van der Waals surface area contributed by atoms with Crippen LogP contribution in [0.25, 0.3) is 0 Å². The van der Waals surface area contributed by atoms with Gasteiger partial charge in [-0.25, -0.2) is 4.79 Å². The minimum Gasteiger partial charge on any atom is -0.465 e. The number of halogens is 1. The van der Waals surface area contributed by atoms with Crippen molar-refractivity contribution < 1.29 is 19.4 Å². The molecule has 0 radical (unpaired) electrons. The maximum Gasteiger partial charge on any atom is 0.337 e. The van der Waals surface area contributed by atoms with Crippen LogP contribution in [0.1, 0.15) is 34.3 Å². The second kappa shape index (κ2) is 10.6. The van der Waals surface area contributed by atoms with Gasteiger partial charge in [-0.3, -0.25) is 4.79 Å². The fraction of sp³-hybridized carbons (Fsp3) is 0.292. The molecule has 1 amide bonds. The van der Waals surface area contributed by atoms with E-state index in [9.17, 15) is 14.7 Å². The SMILES string of the molecule is COC(=O)c1ccc(C#CC(O)(C(=O)Nc2ccc(C#N)c(Cl)c2)C2CCSCC2)cc1. The molecule has 2 aromatic carbocycles. The molecule has 1 unspecified atom stereocenters. The number of aliphatic hydroxyl groups is 1. The molecule has 32 heavy (non-hydrogen) atoms. The quantitative estimate of drug-likeness (QED) is 0.522. The topological polar surface area (TPSA) is 99.4 Å². The predicted molar refractivity (Wildman–Crippen MR) is 124 cm³/mol. The second-order valence-electron chi connectivity index (χ2n) is 7.23. The number of carbonyl (C=O) groups excluding carboxylic acids is 2. The normalized spacial score (nSPS) is 15.4. The summed E-state index contributed by atoms with van der Waals surface area (Å²) in [4.78, 5) is 24.8. The molecule has 0 aromatic heterocycles. The molecular formula is C24H21ClN2O4S. The molecule has 3 rings (SSSR count). The van der Waals surface area contributed by atoms with Crippen LogP contribution in [0.3, 0.4) is 0 Å². The van der Waals surface area contributed by atoms with Crippen LogP contribution < -0.4 is 5.32 Å². The molecule has 1 fully saturated rings. The van der Waals surface area contributed by atoms with Gasteiger partial charge in [0.15, 0.2) is 0 Å². The second-order valence-corrected chi connectivity index (χ2v) is 8.86. The van der Waals surface area contributed by atoms with Crippen molar-refractivity contribution in [2.75, 3.05) is 23.9 Å². The number of nitriles is 1. The highest BCUT2D eigenvalue weighted by atomic mass is 35.5. The number of ether oxygens (including phenoxy) is 1. The Morgan fingerprint density at radius 3 is 2.50 bits per heavy atom. The molecule has 6 nitrogen and oxygen atoms in total. The number of anilines is 1. The molecule has 2 N–H and O–H groups in total. The van der Waals surface area contributed by atoms with Crippen LogP contribution in [-0.2, 0) is 9.53 Å². The van der Waals surface area contributed by atoms with E-state index in [-0.39, 0.29) is 10.9 Å². The standard InChI is InChI=1S/C24H21ClN2O4S/c1-31-22(28)17-4-2-16(3-5-17)8-11-24(30,19-9-12-32-13-10-19)23(29)27-20-7-6-18(15-26)21(25)14-20/h2-7,14,19,30H,9-10,12-13H2,1H3,(H,27,29). The van der Waals surface area contributed by atoms with Gasteiger partial charge in [-0.1, -0.05) is 23.4 Å². The Bertz CT molecular complexity index is 1110. The molecule has 0 bridgehead atoms. The Labute approximate surface area is 195 Å². The number of esters is 1.